The predicted octanol–water partition coefficient (Wildman–Crippen LogP) is 3.36. The van der Waals surface area contributed by atoms with Gasteiger partial charge in [0.05, 0.1) is 0 Å². The first-order valence-corrected chi connectivity index (χ1v) is 9.45. The molecular formula is C19H21F3N4O2. The number of hydrogen-bond donors (Lipinski definition) is 1. The van der Waals surface area contributed by atoms with Crippen LogP contribution in [-0.4, -0.2) is 46.6 Å². The maximum atomic E-state index is 12.6. The van der Waals surface area contributed by atoms with E-state index in [2.05, 4.69) is 24.9 Å². The number of nitrogens with zero attached hydrogens (tertiary/aromatic N) is 3. The van der Waals surface area contributed by atoms with Crippen LogP contribution in [0.2, 0.25) is 0 Å². The molecule has 6 nitrogen and oxygen atoms in total. The van der Waals surface area contributed by atoms with Crippen molar-refractivity contribution in [3.05, 3.63) is 35.7 Å². The van der Waals surface area contributed by atoms with Crippen LogP contribution in [0.15, 0.2) is 28.8 Å². The van der Waals surface area contributed by atoms with Crippen LogP contribution in [0.5, 0.6) is 0 Å². The maximum Gasteiger partial charge on any atom is 0.471 e. The first kappa shape index (κ1) is 18.9. The number of carbonyl (C=O) groups is 1. The molecule has 28 heavy (non-hydrogen) atoms. The molecule has 1 aliphatic carbocycles. The summed E-state index contributed by atoms with van der Waals surface area (Å²) in [5, 5.41) is 6.48. The molecule has 9 heteroatoms. The molecule has 1 amide bonds. The van der Waals surface area contributed by atoms with Gasteiger partial charge in [0.25, 0.3) is 5.91 Å². The van der Waals surface area contributed by atoms with Gasteiger partial charge in [-0.15, -0.1) is 0 Å². The van der Waals surface area contributed by atoms with Crippen molar-refractivity contribution in [2.45, 2.75) is 37.9 Å². The Balaban J connectivity index is 1.41. The molecule has 2 aromatic rings. The van der Waals surface area contributed by atoms with Crippen molar-refractivity contribution < 1.29 is 22.5 Å². The topological polar surface area (TPSA) is 71.3 Å². The monoisotopic (exact) mass is 394 g/mol. The van der Waals surface area contributed by atoms with E-state index >= 15 is 0 Å². The van der Waals surface area contributed by atoms with Crippen LogP contribution in [-0.2, 0) is 6.18 Å². The first-order chi connectivity index (χ1) is 13.4. The molecule has 150 valence electrons. The van der Waals surface area contributed by atoms with Gasteiger partial charge < -0.3 is 14.7 Å². The molecule has 0 bridgehead atoms. The zero-order valence-corrected chi connectivity index (χ0v) is 15.2. The normalized spacial score (nSPS) is 19.0. The summed E-state index contributed by atoms with van der Waals surface area (Å²) in [6.07, 6.45) is 0.00425. The van der Waals surface area contributed by atoms with E-state index < -0.39 is 12.1 Å². The van der Waals surface area contributed by atoms with Gasteiger partial charge >= 0.3 is 12.1 Å². The van der Waals surface area contributed by atoms with Gasteiger partial charge in [-0.1, -0.05) is 17.3 Å². The van der Waals surface area contributed by atoms with E-state index in [0.717, 1.165) is 32.5 Å². The fourth-order valence-corrected chi connectivity index (χ4v) is 3.53. The predicted molar refractivity (Wildman–Crippen MR) is 94.4 cm³/mol. The van der Waals surface area contributed by atoms with Crippen LogP contribution < -0.4 is 5.32 Å². The van der Waals surface area contributed by atoms with Gasteiger partial charge in [-0.2, -0.15) is 18.2 Å². The molecule has 1 N–H and O–H groups in total. The lowest BCUT2D eigenvalue weighted by atomic mass is 10.1. The number of carbonyl (C=O) groups excluding carboxylic acids is 1. The number of hydrogen-bond acceptors (Lipinski definition) is 5. The summed E-state index contributed by atoms with van der Waals surface area (Å²) in [6, 6.07) is 6.30. The lowest BCUT2D eigenvalue weighted by molar-refractivity contribution is -0.159. The standard InChI is InChI=1S/C19H21F3N4O2/c20-19(21,22)18-24-16(25-28-18)13-5-7-14(8-6-13)17(27)23-15(12-3-4-12)11-26-9-1-2-10-26/h5-8,12,15H,1-4,9-11H2,(H,23,27). The number of amides is 1. The smallest absolute Gasteiger partial charge is 0.348 e. The summed E-state index contributed by atoms with van der Waals surface area (Å²) in [6.45, 7) is 3.04. The second kappa shape index (κ2) is 7.54. The van der Waals surface area contributed by atoms with Gasteiger partial charge in [0, 0.05) is 23.7 Å². The summed E-state index contributed by atoms with van der Waals surface area (Å²) in [5.74, 6) is -1.20. The van der Waals surface area contributed by atoms with Crippen molar-refractivity contribution in [1.82, 2.24) is 20.4 Å². The summed E-state index contributed by atoms with van der Waals surface area (Å²) in [5.41, 5.74) is 0.807. The van der Waals surface area contributed by atoms with Crippen molar-refractivity contribution in [3.63, 3.8) is 0 Å². The molecule has 2 fully saturated rings. The molecule has 1 saturated carbocycles. The highest BCUT2D eigenvalue weighted by Crippen LogP contribution is 2.34. The van der Waals surface area contributed by atoms with Crippen LogP contribution in [0.25, 0.3) is 11.4 Å². The SMILES string of the molecule is O=C(NC(CN1CCCC1)C1CC1)c1ccc(-c2noc(C(F)(F)F)n2)cc1. The molecule has 1 unspecified atom stereocenters. The fourth-order valence-electron chi connectivity index (χ4n) is 3.53. The Morgan fingerprint density at radius 1 is 1.21 bits per heavy atom. The molecule has 1 saturated heterocycles. The van der Waals surface area contributed by atoms with Gasteiger partial charge in [0.1, 0.15) is 0 Å². The Hall–Kier alpha value is -2.42. The minimum absolute atomic E-state index is 0.136. The molecule has 1 aliphatic heterocycles. The van der Waals surface area contributed by atoms with Crippen LogP contribution in [0.3, 0.4) is 0 Å². The van der Waals surface area contributed by atoms with Crippen molar-refractivity contribution >= 4 is 5.91 Å². The minimum Gasteiger partial charge on any atom is -0.348 e. The minimum atomic E-state index is -4.68. The van der Waals surface area contributed by atoms with Gasteiger partial charge in [-0.25, -0.2) is 0 Å². The van der Waals surface area contributed by atoms with Gasteiger partial charge in [-0.3, -0.25) is 4.79 Å². The molecule has 1 atom stereocenters. The average Bonchev–Trinajstić information content (AvgIpc) is 3.16. The van der Waals surface area contributed by atoms with Crippen molar-refractivity contribution in [3.8, 4) is 11.4 Å². The van der Waals surface area contributed by atoms with E-state index in [1.165, 1.54) is 25.0 Å². The largest absolute Gasteiger partial charge is 0.471 e. The van der Waals surface area contributed by atoms with Crippen molar-refractivity contribution in [2.24, 2.45) is 5.92 Å². The average molecular weight is 394 g/mol. The zero-order chi connectivity index (χ0) is 19.7. The molecule has 0 radical (unpaired) electrons. The quantitative estimate of drug-likeness (QED) is 0.814. The zero-order valence-electron chi connectivity index (χ0n) is 15.2. The number of nitrogens with one attached hydrogen (secondary N) is 1. The molecule has 0 spiro atoms. The van der Waals surface area contributed by atoms with Crippen molar-refractivity contribution in [1.29, 1.82) is 0 Å². The Bertz CT molecular complexity index is 824. The lowest BCUT2D eigenvalue weighted by Gasteiger charge is -2.24. The number of aromatic nitrogens is 2. The lowest BCUT2D eigenvalue weighted by Crippen LogP contribution is -2.44. The van der Waals surface area contributed by atoms with E-state index in [4.69, 9.17) is 0 Å². The molecular weight excluding hydrogens is 373 g/mol. The highest BCUT2D eigenvalue weighted by atomic mass is 19.4. The first-order valence-electron chi connectivity index (χ1n) is 9.45. The van der Waals surface area contributed by atoms with E-state index in [0.29, 0.717) is 17.0 Å². The number of rotatable bonds is 6. The second-order valence-electron chi connectivity index (χ2n) is 7.42. The third-order valence-corrected chi connectivity index (χ3v) is 5.23. The van der Waals surface area contributed by atoms with Crippen LogP contribution in [0.4, 0.5) is 13.2 Å². The van der Waals surface area contributed by atoms with Gasteiger partial charge in [-0.05, 0) is 56.8 Å². The van der Waals surface area contributed by atoms with Crippen LogP contribution in [0, 0.1) is 5.92 Å². The fraction of sp³-hybridized carbons (Fsp3) is 0.526. The Morgan fingerprint density at radius 3 is 2.46 bits per heavy atom. The Kier molecular flexibility index (Phi) is 5.09. The maximum absolute atomic E-state index is 12.6. The highest BCUT2D eigenvalue weighted by Gasteiger charge is 2.38. The number of halogens is 3. The number of alkyl halides is 3. The second-order valence-corrected chi connectivity index (χ2v) is 7.42. The third kappa shape index (κ3) is 4.35. The van der Waals surface area contributed by atoms with Gasteiger partial charge in [0.2, 0.25) is 5.82 Å². The van der Waals surface area contributed by atoms with Crippen LogP contribution in [0.1, 0.15) is 41.9 Å². The molecule has 4 rings (SSSR count). The molecule has 2 aliphatic rings. The third-order valence-electron chi connectivity index (χ3n) is 5.23. The van der Waals surface area contributed by atoms with Crippen molar-refractivity contribution in [2.75, 3.05) is 19.6 Å². The molecule has 1 aromatic carbocycles. The summed E-state index contributed by atoms with van der Waals surface area (Å²) in [7, 11) is 0. The summed E-state index contributed by atoms with van der Waals surface area (Å²) >= 11 is 0. The van der Waals surface area contributed by atoms with E-state index in [9.17, 15) is 18.0 Å². The Morgan fingerprint density at radius 2 is 1.89 bits per heavy atom. The van der Waals surface area contributed by atoms with Gasteiger partial charge in [0.15, 0.2) is 0 Å². The van der Waals surface area contributed by atoms with E-state index in [-0.39, 0.29) is 17.8 Å². The summed E-state index contributed by atoms with van der Waals surface area (Å²) < 4.78 is 42.0. The molecule has 1 aromatic heterocycles. The number of likely N-dealkylation sites (tertiary alicyclic amines) is 1. The summed E-state index contributed by atoms with van der Waals surface area (Å²) in [4.78, 5) is 18.4. The van der Waals surface area contributed by atoms with E-state index in [1.807, 2.05) is 0 Å². The van der Waals surface area contributed by atoms with Crippen LogP contribution >= 0.6 is 0 Å². The molecule has 2 heterocycles. The van der Waals surface area contributed by atoms with E-state index in [1.54, 1.807) is 12.1 Å². The number of benzene rings is 1. The Labute approximate surface area is 160 Å². The highest BCUT2D eigenvalue weighted by molar-refractivity contribution is 5.94.